The Labute approximate surface area is 136 Å². The zero-order chi connectivity index (χ0) is 17.0. The molecule has 0 N–H and O–H groups in total. The molecule has 126 valence electrons. The van der Waals surface area contributed by atoms with Gasteiger partial charge < -0.3 is 4.43 Å². The highest BCUT2D eigenvalue weighted by Crippen LogP contribution is 2.36. The maximum atomic E-state index is 12.0. The summed E-state index contributed by atoms with van der Waals surface area (Å²) in [7, 11) is -5.44. The van der Waals surface area contributed by atoms with E-state index in [-0.39, 0.29) is 16.5 Å². The fourth-order valence-corrected chi connectivity index (χ4v) is 3.57. The Morgan fingerprint density at radius 3 is 2.09 bits per heavy atom. The molecule has 0 heterocycles. The second-order valence-electron chi connectivity index (χ2n) is 7.05. The van der Waals surface area contributed by atoms with Crippen LogP contribution in [0.15, 0.2) is 29.2 Å². The van der Waals surface area contributed by atoms with Crippen LogP contribution >= 0.6 is 0 Å². The van der Waals surface area contributed by atoms with Crippen LogP contribution in [0.2, 0.25) is 18.1 Å². The van der Waals surface area contributed by atoms with Crippen LogP contribution in [0.1, 0.15) is 32.8 Å². The van der Waals surface area contributed by atoms with Gasteiger partial charge in [-0.2, -0.15) is 8.42 Å². The zero-order valence-corrected chi connectivity index (χ0v) is 16.3. The lowest BCUT2D eigenvalue weighted by Gasteiger charge is -2.36. The van der Waals surface area contributed by atoms with E-state index in [9.17, 15) is 8.42 Å². The summed E-state index contributed by atoms with van der Waals surface area (Å²) < 4.78 is 35.1. The highest BCUT2D eigenvalue weighted by molar-refractivity contribution is 7.86. The van der Waals surface area contributed by atoms with Crippen molar-refractivity contribution in [3.05, 3.63) is 29.8 Å². The van der Waals surface area contributed by atoms with Crippen LogP contribution in [0, 0.1) is 6.92 Å². The van der Waals surface area contributed by atoms with Gasteiger partial charge in [-0.3, -0.25) is 4.18 Å². The van der Waals surface area contributed by atoms with Crippen molar-refractivity contribution >= 4 is 18.4 Å². The molecule has 0 amide bonds. The van der Waals surface area contributed by atoms with Crippen LogP contribution in [0.3, 0.4) is 0 Å². The van der Waals surface area contributed by atoms with E-state index in [1.165, 1.54) is 0 Å². The fraction of sp³-hybridized carbons (Fsp3) is 0.625. The first-order valence-electron chi connectivity index (χ1n) is 7.56. The molecule has 0 radical (unpaired) electrons. The maximum Gasteiger partial charge on any atom is 0.296 e. The van der Waals surface area contributed by atoms with E-state index in [1.54, 1.807) is 24.3 Å². The molecule has 22 heavy (non-hydrogen) atoms. The van der Waals surface area contributed by atoms with Crippen molar-refractivity contribution in [3.8, 4) is 0 Å². The SMILES string of the molecule is Cc1ccc(S(=O)(=O)OCCCO[Si](C)(C)C(C)(C)C)cc1. The average Bonchev–Trinajstić information content (AvgIpc) is 2.37. The lowest BCUT2D eigenvalue weighted by Crippen LogP contribution is -2.41. The molecule has 0 aliphatic heterocycles. The third-order valence-corrected chi connectivity index (χ3v) is 9.97. The van der Waals surface area contributed by atoms with E-state index in [2.05, 4.69) is 33.9 Å². The molecule has 1 aromatic rings. The molecule has 0 aliphatic rings. The molecule has 0 saturated carbocycles. The van der Waals surface area contributed by atoms with Gasteiger partial charge in [0.05, 0.1) is 11.5 Å². The van der Waals surface area contributed by atoms with Gasteiger partial charge in [0.25, 0.3) is 10.1 Å². The molecule has 0 saturated heterocycles. The van der Waals surface area contributed by atoms with Crippen molar-refractivity contribution in [1.82, 2.24) is 0 Å². The van der Waals surface area contributed by atoms with Crippen LogP contribution < -0.4 is 0 Å². The molecule has 0 unspecified atom stereocenters. The second kappa shape index (κ2) is 7.25. The molecule has 0 spiro atoms. The molecular weight excluding hydrogens is 316 g/mol. The van der Waals surface area contributed by atoms with Crippen LogP contribution in [0.4, 0.5) is 0 Å². The Morgan fingerprint density at radius 2 is 1.59 bits per heavy atom. The van der Waals surface area contributed by atoms with Crippen molar-refractivity contribution in [2.24, 2.45) is 0 Å². The summed E-state index contributed by atoms with van der Waals surface area (Å²) in [5.74, 6) is 0. The van der Waals surface area contributed by atoms with Gasteiger partial charge in [-0.1, -0.05) is 38.5 Å². The minimum absolute atomic E-state index is 0.144. The number of aryl methyl sites for hydroxylation is 1. The third kappa shape index (κ3) is 5.50. The summed E-state index contributed by atoms with van der Waals surface area (Å²) in [5.41, 5.74) is 1.02. The van der Waals surface area contributed by atoms with E-state index in [0.717, 1.165) is 5.56 Å². The molecule has 1 rings (SSSR count). The minimum atomic E-state index is -3.67. The monoisotopic (exact) mass is 344 g/mol. The van der Waals surface area contributed by atoms with E-state index in [0.29, 0.717) is 13.0 Å². The minimum Gasteiger partial charge on any atom is -0.417 e. The molecule has 1 aromatic carbocycles. The lowest BCUT2D eigenvalue weighted by molar-refractivity contribution is 0.236. The van der Waals surface area contributed by atoms with Gasteiger partial charge in [-0.25, -0.2) is 0 Å². The molecule has 0 bridgehead atoms. The quantitative estimate of drug-likeness (QED) is 0.424. The first-order valence-corrected chi connectivity index (χ1v) is 11.9. The van der Waals surface area contributed by atoms with Crippen LogP contribution in [0.25, 0.3) is 0 Å². The lowest BCUT2D eigenvalue weighted by atomic mass is 10.2. The van der Waals surface area contributed by atoms with E-state index in [1.807, 2.05) is 6.92 Å². The molecular formula is C16H28O4SSi. The van der Waals surface area contributed by atoms with Crippen molar-refractivity contribution < 1.29 is 17.0 Å². The topological polar surface area (TPSA) is 52.6 Å². The highest BCUT2D eigenvalue weighted by atomic mass is 32.2. The van der Waals surface area contributed by atoms with Gasteiger partial charge in [-0.15, -0.1) is 0 Å². The third-order valence-electron chi connectivity index (χ3n) is 4.11. The van der Waals surface area contributed by atoms with Gasteiger partial charge >= 0.3 is 0 Å². The molecule has 0 aliphatic carbocycles. The largest absolute Gasteiger partial charge is 0.417 e. The Bertz CT molecular complexity index is 571. The smallest absolute Gasteiger partial charge is 0.296 e. The van der Waals surface area contributed by atoms with Crippen molar-refractivity contribution in [2.75, 3.05) is 13.2 Å². The van der Waals surface area contributed by atoms with Gasteiger partial charge in [0, 0.05) is 6.61 Å². The average molecular weight is 345 g/mol. The second-order valence-corrected chi connectivity index (χ2v) is 13.5. The van der Waals surface area contributed by atoms with Crippen LogP contribution in [0.5, 0.6) is 0 Å². The maximum absolute atomic E-state index is 12.0. The van der Waals surface area contributed by atoms with Crippen molar-refractivity contribution in [1.29, 1.82) is 0 Å². The number of hydrogen-bond acceptors (Lipinski definition) is 4. The Balaban J connectivity index is 2.43. The van der Waals surface area contributed by atoms with Gasteiger partial charge in [0.15, 0.2) is 8.32 Å². The predicted molar refractivity (Wildman–Crippen MR) is 92.1 cm³/mol. The summed E-state index contributed by atoms with van der Waals surface area (Å²) in [6, 6.07) is 6.65. The van der Waals surface area contributed by atoms with Gasteiger partial charge in [0.2, 0.25) is 0 Å². The van der Waals surface area contributed by atoms with E-state index < -0.39 is 18.4 Å². The Morgan fingerprint density at radius 1 is 1.05 bits per heavy atom. The van der Waals surface area contributed by atoms with Crippen LogP contribution in [-0.4, -0.2) is 29.9 Å². The fourth-order valence-electron chi connectivity index (χ4n) is 1.54. The first-order chi connectivity index (χ1) is 9.96. The van der Waals surface area contributed by atoms with E-state index >= 15 is 0 Å². The van der Waals surface area contributed by atoms with E-state index in [4.69, 9.17) is 8.61 Å². The van der Waals surface area contributed by atoms with Crippen LogP contribution in [-0.2, 0) is 18.7 Å². The highest BCUT2D eigenvalue weighted by Gasteiger charge is 2.36. The molecule has 4 nitrogen and oxygen atoms in total. The summed E-state index contributed by atoms with van der Waals surface area (Å²) in [4.78, 5) is 0.198. The van der Waals surface area contributed by atoms with Crippen molar-refractivity contribution in [3.63, 3.8) is 0 Å². The summed E-state index contributed by atoms with van der Waals surface area (Å²) in [5, 5.41) is 0.155. The number of benzene rings is 1. The summed E-state index contributed by atoms with van der Waals surface area (Å²) in [6.07, 6.45) is 0.567. The molecule has 0 atom stereocenters. The van der Waals surface area contributed by atoms with Gasteiger partial charge in [0.1, 0.15) is 0 Å². The molecule has 0 aromatic heterocycles. The normalized spacial score (nSPS) is 13.4. The number of rotatable bonds is 7. The summed E-state index contributed by atoms with van der Waals surface area (Å²) in [6.45, 7) is 13.5. The van der Waals surface area contributed by atoms with Gasteiger partial charge in [-0.05, 0) is 43.6 Å². The molecule has 0 fully saturated rings. The first kappa shape index (κ1) is 19.4. The standard InChI is InChI=1S/C16H28O4SSi/c1-14-8-10-15(11-9-14)21(17,18)19-12-7-13-20-22(5,6)16(2,3)4/h8-11H,7,12-13H2,1-6H3. The predicted octanol–water partition coefficient (Wildman–Crippen LogP) is 4.11. The molecule has 6 heteroatoms. The van der Waals surface area contributed by atoms with Crippen molar-refractivity contribution in [2.45, 2.75) is 57.1 Å². The summed E-state index contributed by atoms with van der Waals surface area (Å²) >= 11 is 0. The Hall–Kier alpha value is -0.693. The number of hydrogen-bond donors (Lipinski definition) is 0. The zero-order valence-electron chi connectivity index (χ0n) is 14.5. The Kier molecular flexibility index (Phi) is 6.38.